The molecule has 0 saturated carbocycles. The maximum absolute atomic E-state index is 5.71. The highest BCUT2D eigenvalue weighted by Crippen LogP contribution is 2.35. The highest BCUT2D eigenvalue weighted by Gasteiger charge is 2.39. The Balaban J connectivity index is 1.89. The monoisotopic (exact) mass is 194 g/mol. The van der Waals surface area contributed by atoms with Crippen molar-refractivity contribution in [1.29, 1.82) is 0 Å². The van der Waals surface area contributed by atoms with Crippen molar-refractivity contribution in [3.8, 4) is 0 Å². The molecular formula is C8H14N6. The predicted molar refractivity (Wildman–Crippen MR) is 50.5 cm³/mol. The first-order chi connectivity index (χ1) is 6.86. The molecule has 0 aromatic carbocycles. The number of aromatic nitrogens is 4. The van der Waals surface area contributed by atoms with Gasteiger partial charge in [-0.2, -0.15) is 0 Å². The average molecular weight is 194 g/mol. The van der Waals surface area contributed by atoms with Crippen molar-refractivity contribution >= 4 is 5.95 Å². The number of nitrogens with two attached hydrogens (primary N) is 1. The topological polar surface area (TPSA) is 72.9 Å². The molecule has 2 aliphatic rings. The first-order valence-electron chi connectivity index (χ1n) is 5.13. The number of hydrogen-bond acceptors (Lipinski definition) is 5. The van der Waals surface area contributed by atoms with Crippen LogP contribution in [0.15, 0.2) is 0 Å². The van der Waals surface area contributed by atoms with Gasteiger partial charge in [0.2, 0.25) is 5.95 Å². The first-order valence-corrected chi connectivity index (χ1v) is 5.13. The lowest BCUT2D eigenvalue weighted by molar-refractivity contribution is 0.281. The summed E-state index contributed by atoms with van der Waals surface area (Å²) in [7, 11) is 0. The highest BCUT2D eigenvalue weighted by atomic mass is 15.6. The van der Waals surface area contributed by atoms with E-state index in [4.69, 9.17) is 5.73 Å². The Morgan fingerprint density at radius 1 is 1.21 bits per heavy atom. The molecule has 2 aliphatic heterocycles. The summed E-state index contributed by atoms with van der Waals surface area (Å²) in [5.41, 5.74) is 5.71. The minimum absolute atomic E-state index is 0.396. The maximum atomic E-state index is 5.71. The Hall–Kier alpha value is -1.17. The van der Waals surface area contributed by atoms with Gasteiger partial charge in [0.05, 0.1) is 6.04 Å². The van der Waals surface area contributed by atoms with E-state index in [1.165, 1.54) is 19.4 Å². The van der Waals surface area contributed by atoms with Crippen molar-refractivity contribution < 1.29 is 0 Å². The van der Waals surface area contributed by atoms with Crippen LogP contribution in [0.1, 0.15) is 25.3 Å². The van der Waals surface area contributed by atoms with Gasteiger partial charge in [0.1, 0.15) is 0 Å². The smallest absolute Gasteiger partial charge is 0.240 e. The summed E-state index contributed by atoms with van der Waals surface area (Å²) < 4.78 is 1.79. The summed E-state index contributed by atoms with van der Waals surface area (Å²) in [5, 5.41) is 11.3. The fourth-order valence-electron chi connectivity index (χ4n) is 2.78. The number of nitrogen functional groups attached to an aromatic ring is 1. The van der Waals surface area contributed by atoms with Gasteiger partial charge in [-0.3, -0.25) is 4.90 Å². The lowest BCUT2D eigenvalue weighted by Gasteiger charge is -2.19. The molecule has 0 bridgehead atoms. The Kier molecular flexibility index (Phi) is 1.70. The van der Waals surface area contributed by atoms with E-state index in [-0.39, 0.29) is 0 Å². The lowest BCUT2D eigenvalue weighted by atomic mass is 10.1. The number of anilines is 1. The Morgan fingerprint density at radius 2 is 2.14 bits per heavy atom. The van der Waals surface area contributed by atoms with E-state index >= 15 is 0 Å². The van der Waals surface area contributed by atoms with Gasteiger partial charge in [-0.25, -0.2) is 4.68 Å². The van der Waals surface area contributed by atoms with Gasteiger partial charge < -0.3 is 5.73 Å². The van der Waals surface area contributed by atoms with Gasteiger partial charge in [-0.1, -0.05) is 5.10 Å². The standard InChI is InChI=1S/C8H14N6/c9-8-10-11-12-14(8)7-3-5-13-4-1-2-6(7)13/h6-7H,1-5H2,(H2,9,10,12). The third kappa shape index (κ3) is 1.03. The van der Waals surface area contributed by atoms with E-state index in [0.717, 1.165) is 13.0 Å². The Bertz CT molecular complexity index is 334. The van der Waals surface area contributed by atoms with E-state index in [2.05, 4.69) is 20.4 Å². The SMILES string of the molecule is Nc1nnnn1C1CCN2CCCC12. The minimum Gasteiger partial charge on any atom is -0.367 e. The van der Waals surface area contributed by atoms with Crippen molar-refractivity contribution in [3.63, 3.8) is 0 Å². The normalized spacial score (nSPS) is 32.3. The van der Waals surface area contributed by atoms with Crippen molar-refractivity contribution in [2.24, 2.45) is 0 Å². The number of rotatable bonds is 1. The van der Waals surface area contributed by atoms with Gasteiger partial charge >= 0.3 is 0 Å². The van der Waals surface area contributed by atoms with E-state index in [1.54, 1.807) is 4.68 Å². The molecule has 1 aromatic heterocycles. The zero-order valence-electron chi connectivity index (χ0n) is 8.00. The molecule has 0 radical (unpaired) electrons. The second-order valence-electron chi connectivity index (χ2n) is 4.08. The molecule has 0 spiro atoms. The summed E-state index contributed by atoms with van der Waals surface area (Å²) in [6.45, 7) is 2.39. The molecule has 0 aliphatic carbocycles. The van der Waals surface area contributed by atoms with E-state index < -0.39 is 0 Å². The highest BCUT2D eigenvalue weighted by molar-refractivity contribution is 5.13. The van der Waals surface area contributed by atoms with E-state index in [9.17, 15) is 0 Å². The Morgan fingerprint density at radius 3 is 2.93 bits per heavy atom. The number of nitrogens with zero attached hydrogens (tertiary/aromatic N) is 5. The minimum atomic E-state index is 0.396. The molecule has 2 N–H and O–H groups in total. The molecular weight excluding hydrogens is 180 g/mol. The largest absolute Gasteiger partial charge is 0.367 e. The number of fused-ring (bicyclic) bond motifs is 1. The van der Waals surface area contributed by atoms with Crippen LogP contribution in [-0.4, -0.2) is 44.2 Å². The lowest BCUT2D eigenvalue weighted by Crippen LogP contribution is -2.28. The van der Waals surface area contributed by atoms with Crippen LogP contribution in [0.5, 0.6) is 0 Å². The molecule has 2 fully saturated rings. The molecule has 1 aromatic rings. The zero-order valence-corrected chi connectivity index (χ0v) is 8.00. The molecule has 3 heterocycles. The summed E-state index contributed by atoms with van der Waals surface area (Å²) in [4.78, 5) is 2.52. The molecule has 3 rings (SSSR count). The third-order valence-electron chi connectivity index (χ3n) is 3.40. The zero-order chi connectivity index (χ0) is 9.54. The second-order valence-corrected chi connectivity index (χ2v) is 4.08. The molecule has 6 heteroatoms. The fraction of sp³-hybridized carbons (Fsp3) is 0.875. The number of tetrazole rings is 1. The van der Waals surface area contributed by atoms with Crippen LogP contribution in [-0.2, 0) is 0 Å². The van der Waals surface area contributed by atoms with Crippen molar-refractivity contribution in [3.05, 3.63) is 0 Å². The second kappa shape index (κ2) is 2.91. The molecule has 2 unspecified atom stereocenters. The predicted octanol–water partition coefficient (Wildman–Crippen LogP) is -0.336. The maximum Gasteiger partial charge on any atom is 0.240 e. The Labute approximate surface area is 82.1 Å². The van der Waals surface area contributed by atoms with Crippen molar-refractivity contribution in [2.45, 2.75) is 31.3 Å². The van der Waals surface area contributed by atoms with Crippen LogP contribution in [0.3, 0.4) is 0 Å². The molecule has 76 valence electrons. The number of hydrogen-bond donors (Lipinski definition) is 1. The summed E-state index contributed by atoms with van der Waals surface area (Å²) in [5.74, 6) is 0.448. The van der Waals surface area contributed by atoms with Crippen LogP contribution >= 0.6 is 0 Å². The van der Waals surface area contributed by atoms with Gasteiger partial charge in [0.15, 0.2) is 0 Å². The van der Waals surface area contributed by atoms with Gasteiger partial charge in [0, 0.05) is 12.6 Å². The van der Waals surface area contributed by atoms with Crippen LogP contribution in [0.25, 0.3) is 0 Å². The van der Waals surface area contributed by atoms with E-state index in [1.807, 2.05) is 0 Å². The summed E-state index contributed by atoms with van der Waals surface area (Å²) in [6.07, 6.45) is 3.67. The van der Waals surface area contributed by atoms with Crippen LogP contribution in [0, 0.1) is 0 Å². The third-order valence-corrected chi connectivity index (χ3v) is 3.40. The van der Waals surface area contributed by atoms with Crippen LogP contribution in [0.4, 0.5) is 5.95 Å². The van der Waals surface area contributed by atoms with Crippen LogP contribution in [0.2, 0.25) is 0 Å². The van der Waals surface area contributed by atoms with Crippen LogP contribution < -0.4 is 5.73 Å². The van der Waals surface area contributed by atoms with E-state index in [0.29, 0.717) is 18.0 Å². The quantitative estimate of drug-likeness (QED) is 0.662. The summed E-state index contributed by atoms with van der Waals surface area (Å²) in [6, 6.07) is 1.01. The average Bonchev–Trinajstić information content (AvgIpc) is 2.78. The molecule has 14 heavy (non-hydrogen) atoms. The molecule has 2 saturated heterocycles. The van der Waals surface area contributed by atoms with Gasteiger partial charge in [0.25, 0.3) is 0 Å². The molecule has 2 atom stereocenters. The summed E-state index contributed by atoms with van der Waals surface area (Å²) >= 11 is 0. The van der Waals surface area contributed by atoms with Gasteiger partial charge in [-0.05, 0) is 36.2 Å². The van der Waals surface area contributed by atoms with Crippen molar-refractivity contribution in [1.82, 2.24) is 25.1 Å². The molecule has 6 nitrogen and oxygen atoms in total. The van der Waals surface area contributed by atoms with Crippen molar-refractivity contribution in [2.75, 3.05) is 18.8 Å². The molecule has 0 amide bonds. The fourth-order valence-corrected chi connectivity index (χ4v) is 2.78. The first kappa shape index (κ1) is 8.16. The van der Waals surface area contributed by atoms with Gasteiger partial charge in [-0.15, -0.1) is 0 Å².